The molecule has 4 amide bonds. The van der Waals surface area contributed by atoms with Crippen LogP contribution in [0.2, 0.25) is 0 Å². The average molecular weight is 569 g/mol. The van der Waals surface area contributed by atoms with Gasteiger partial charge in [0.1, 0.15) is 11.5 Å². The first-order chi connectivity index (χ1) is 19.6. The highest BCUT2D eigenvalue weighted by Gasteiger charge is 2.40. The van der Waals surface area contributed by atoms with Crippen molar-refractivity contribution in [3.63, 3.8) is 0 Å². The Morgan fingerprint density at radius 1 is 0.512 bits per heavy atom. The maximum atomic E-state index is 13.6. The number of rotatable bonds is 6. The molecule has 0 saturated heterocycles. The van der Waals surface area contributed by atoms with Gasteiger partial charge < -0.3 is 9.47 Å². The van der Waals surface area contributed by atoms with Gasteiger partial charge in [-0.25, -0.2) is 18.2 Å². The molecule has 0 aliphatic carbocycles. The number of anilines is 2. The molecule has 0 saturated carbocycles. The molecule has 0 N–H and O–H groups in total. The van der Waals surface area contributed by atoms with Crippen LogP contribution in [0.15, 0.2) is 94.7 Å². The predicted molar refractivity (Wildman–Crippen MR) is 147 cm³/mol. The molecule has 204 valence electrons. The molecule has 0 radical (unpaired) electrons. The summed E-state index contributed by atoms with van der Waals surface area (Å²) >= 11 is 0. The Morgan fingerprint density at radius 3 is 1.51 bits per heavy atom. The minimum absolute atomic E-state index is 0.0571. The molecular weight excluding hydrogens is 548 g/mol. The number of ether oxygens (including phenoxy) is 2. The van der Waals surface area contributed by atoms with E-state index in [1.54, 1.807) is 42.5 Å². The second-order valence-corrected chi connectivity index (χ2v) is 11.2. The molecule has 4 aromatic carbocycles. The third-order valence-corrected chi connectivity index (χ3v) is 8.73. The number of hydrogen-bond acceptors (Lipinski definition) is 8. The van der Waals surface area contributed by atoms with Gasteiger partial charge in [0.25, 0.3) is 23.6 Å². The maximum Gasteiger partial charge on any atom is 0.266 e. The predicted octanol–water partition coefficient (Wildman–Crippen LogP) is 4.14. The van der Waals surface area contributed by atoms with Crippen LogP contribution < -0.4 is 19.3 Å². The molecule has 0 unspecified atom stereocenters. The smallest absolute Gasteiger partial charge is 0.266 e. The Kier molecular flexibility index (Phi) is 5.96. The summed E-state index contributed by atoms with van der Waals surface area (Å²) in [5, 5.41) is 0. The van der Waals surface area contributed by atoms with Gasteiger partial charge in [0, 0.05) is 6.07 Å². The van der Waals surface area contributed by atoms with Crippen molar-refractivity contribution in [2.45, 2.75) is 9.79 Å². The van der Waals surface area contributed by atoms with E-state index in [-0.39, 0.29) is 37.7 Å². The number of carbonyl (C=O) groups is 4. The minimum Gasteiger partial charge on any atom is -0.497 e. The molecule has 0 fully saturated rings. The third-order valence-electron chi connectivity index (χ3n) is 6.98. The molecule has 41 heavy (non-hydrogen) atoms. The Bertz CT molecular complexity index is 1920. The van der Waals surface area contributed by atoms with Gasteiger partial charge in [-0.3, -0.25) is 19.2 Å². The van der Waals surface area contributed by atoms with Crippen LogP contribution in [-0.4, -0.2) is 46.3 Å². The van der Waals surface area contributed by atoms with Crippen molar-refractivity contribution in [3.05, 3.63) is 107 Å². The molecule has 2 aliphatic heterocycles. The minimum atomic E-state index is -4.25. The maximum absolute atomic E-state index is 13.6. The topological polar surface area (TPSA) is 127 Å². The summed E-state index contributed by atoms with van der Waals surface area (Å²) in [5.74, 6) is -1.55. The van der Waals surface area contributed by atoms with E-state index in [0.29, 0.717) is 17.2 Å². The zero-order valence-corrected chi connectivity index (χ0v) is 22.5. The largest absolute Gasteiger partial charge is 0.497 e. The van der Waals surface area contributed by atoms with Crippen molar-refractivity contribution in [1.82, 2.24) is 0 Å². The van der Waals surface area contributed by atoms with Gasteiger partial charge in [-0.2, -0.15) is 0 Å². The van der Waals surface area contributed by atoms with E-state index in [1.165, 1.54) is 44.6 Å². The number of imide groups is 2. The lowest BCUT2D eigenvalue weighted by molar-refractivity contribution is 0.0910. The summed E-state index contributed by atoms with van der Waals surface area (Å²) in [7, 11) is -1.30. The Morgan fingerprint density at radius 2 is 1.00 bits per heavy atom. The van der Waals surface area contributed by atoms with Crippen LogP contribution in [0.1, 0.15) is 41.4 Å². The fraction of sp³-hybridized carbons (Fsp3) is 0.0667. The van der Waals surface area contributed by atoms with Crippen LogP contribution in [0.5, 0.6) is 11.5 Å². The summed E-state index contributed by atoms with van der Waals surface area (Å²) in [6.07, 6.45) is 0. The number of hydrogen-bond donors (Lipinski definition) is 0. The molecular formula is C30H20N2O8S. The van der Waals surface area contributed by atoms with Crippen LogP contribution in [-0.2, 0) is 9.84 Å². The SMILES string of the molecule is COc1ccc(N2C(=O)c3ccc(S(=O)(=O)c4ccc5c(c4)C(=O)N(c4cccc(OC)c4)C5=O)cc3C2=O)cc1. The number of nitrogens with zero attached hydrogens (tertiary/aromatic N) is 2. The van der Waals surface area contributed by atoms with E-state index in [0.717, 1.165) is 21.9 Å². The fourth-order valence-electron chi connectivity index (χ4n) is 4.86. The zero-order chi connectivity index (χ0) is 29.1. The lowest BCUT2D eigenvalue weighted by Crippen LogP contribution is -2.29. The molecule has 2 aliphatic rings. The van der Waals surface area contributed by atoms with Crippen LogP contribution in [0.25, 0.3) is 0 Å². The standard InChI is InChI=1S/C30H20N2O8S/c1-39-19-8-6-17(7-9-19)31-27(33)23-12-10-21(15-25(23)29(31)35)41(37,38)22-11-13-24-26(16-22)30(36)32(28(24)34)18-4-3-5-20(14-18)40-2/h3-16H,1-2H3. The quantitative estimate of drug-likeness (QED) is 0.318. The monoisotopic (exact) mass is 568 g/mol. The van der Waals surface area contributed by atoms with Crippen molar-refractivity contribution in [2.24, 2.45) is 0 Å². The Labute approximate surface area is 234 Å². The molecule has 6 rings (SSSR count). The lowest BCUT2D eigenvalue weighted by atomic mass is 10.1. The van der Waals surface area contributed by atoms with E-state index >= 15 is 0 Å². The number of carbonyl (C=O) groups excluding carboxylic acids is 4. The highest BCUT2D eigenvalue weighted by atomic mass is 32.2. The van der Waals surface area contributed by atoms with E-state index in [2.05, 4.69) is 0 Å². The van der Waals surface area contributed by atoms with Crippen molar-refractivity contribution in [3.8, 4) is 11.5 Å². The van der Waals surface area contributed by atoms with Crippen LogP contribution in [0.4, 0.5) is 11.4 Å². The second kappa shape index (κ2) is 9.42. The normalized spacial score (nSPS) is 14.4. The van der Waals surface area contributed by atoms with Gasteiger partial charge in [-0.1, -0.05) is 6.07 Å². The summed E-state index contributed by atoms with van der Waals surface area (Å²) in [6.45, 7) is 0. The summed E-state index contributed by atoms with van der Waals surface area (Å²) < 4.78 is 37.5. The van der Waals surface area contributed by atoms with Crippen molar-refractivity contribution < 1.29 is 37.1 Å². The third kappa shape index (κ3) is 3.97. The van der Waals surface area contributed by atoms with Crippen molar-refractivity contribution in [2.75, 3.05) is 24.0 Å². The van der Waals surface area contributed by atoms with E-state index in [4.69, 9.17) is 9.47 Å². The van der Waals surface area contributed by atoms with E-state index < -0.39 is 33.5 Å². The number of fused-ring (bicyclic) bond motifs is 2. The molecule has 10 nitrogen and oxygen atoms in total. The molecule has 11 heteroatoms. The molecule has 0 atom stereocenters. The average Bonchev–Trinajstić information content (AvgIpc) is 3.40. The summed E-state index contributed by atoms with van der Waals surface area (Å²) in [5.41, 5.74) is 0.572. The zero-order valence-electron chi connectivity index (χ0n) is 21.7. The number of sulfone groups is 1. The van der Waals surface area contributed by atoms with Gasteiger partial charge in [0.15, 0.2) is 0 Å². The van der Waals surface area contributed by atoms with Gasteiger partial charge in [0.2, 0.25) is 9.84 Å². The molecule has 2 heterocycles. The van der Waals surface area contributed by atoms with E-state index in [1.807, 2.05) is 0 Å². The molecule has 0 bridgehead atoms. The molecule has 4 aromatic rings. The lowest BCUT2D eigenvalue weighted by Gasteiger charge is -2.14. The van der Waals surface area contributed by atoms with Gasteiger partial charge in [-0.15, -0.1) is 0 Å². The second-order valence-electron chi connectivity index (χ2n) is 9.21. The highest BCUT2D eigenvalue weighted by Crippen LogP contribution is 2.35. The van der Waals surface area contributed by atoms with Crippen LogP contribution in [0.3, 0.4) is 0 Å². The summed E-state index contributed by atoms with van der Waals surface area (Å²) in [6, 6.07) is 20.0. The van der Waals surface area contributed by atoms with Gasteiger partial charge in [0.05, 0.1) is 57.6 Å². The number of benzene rings is 4. The molecule has 0 spiro atoms. The number of methoxy groups -OCH3 is 2. The van der Waals surface area contributed by atoms with Crippen LogP contribution >= 0.6 is 0 Å². The van der Waals surface area contributed by atoms with Crippen LogP contribution in [0, 0.1) is 0 Å². The highest BCUT2D eigenvalue weighted by molar-refractivity contribution is 7.91. The first kappa shape index (κ1) is 26.0. The Hall–Kier alpha value is -5.29. The Balaban J connectivity index is 1.34. The van der Waals surface area contributed by atoms with Crippen molar-refractivity contribution >= 4 is 44.8 Å². The first-order valence-corrected chi connectivity index (χ1v) is 13.7. The fourth-order valence-corrected chi connectivity index (χ4v) is 6.17. The van der Waals surface area contributed by atoms with Crippen molar-refractivity contribution in [1.29, 1.82) is 0 Å². The molecule has 0 aromatic heterocycles. The first-order valence-electron chi connectivity index (χ1n) is 12.2. The van der Waals surface area contributed by atoms with E-state index in [9.17, 15) is 27.6 Å². The van der Waals surface area contributed by atoms with Gasteiger partial charge in [-0.05, 0) is 72.8 Å². The number of amides is 4. The summed E-state index contributed by atoms with van der Waals surface area (Å²) in [4.78, 5) is 54.0. The van der Waals surface area contributed by atoms with Gasteiger partial charge >= 0.3 is 0 Å².